The molecule has 0 aliphatic carbocycles. The minimum Gasteiger partial charge on any atom is -0.398 e. The first kappa shape index (κ1) is 14.3. The Morgan fingerprint density at radius 1 is 1.10 bits per heavy atom. The van der Waals surface area contributed by atoms with E-state index in [0.29, 0.717) is 5.56 Å². The van der Waals surface area contributed by atoms with E-state index in [2.05, 4.69) is 4.72 Å². The number of aryl methyl sites for hydroxylation is 1. The summed E-state index contributed by atoms with van der Waals surface area (Å²) >= 11 is 0. The van der Waals surface area contributed by atoms with Crippen LogP contribution in [0.2, 0.25) is 0 Å². The number of nitrogens with one attached hydrogen (secondary N) is 1. The summed E-state index contributed by atoms with van der Waals surface area (Å²) in [5.41, 5.74) is 6.34. The van der Waals surface area contributed by atoms with Gasteiger partial charge in [-0.3, -0.25) is 4.72 Å². The molecule has 0 bridgehead atoms. The molecule has 106 valence electrons. The van der Waals surface area contributed by atoms with Gasteiger partial charge in [0.05, 0.1) is 0 Å². The van der Waals surface area contributed by atoms with Crippen LogP contribution in [0.5, 0.6) is 0 Å². The molecule has 2 rings (SSSR count). The predicted octanol–water partition coefficient (Wildman–Crippen LogP) is 2.66. The summed E-state index contributed by atoms with van der Waals surface area (Å²) in [6.45, 7) is 1.57. The van der Waals surface area contributed by atoms with E-state index in [0.717, 1.165) is 24.3 Å². The molecule has 0 saturated carbocycles. The number of anilines is 2. The minimum atomic E-state index is -4.12. The first-order valence-electron chi connectivity index (χ1n) is 5.63. The lowest BCUT2D eigenvalue weighted by molar-refractivity contribution is 0.570. The van der Waals surface area contributed by atoms with E-state index in [1.165, 1.54) is 12.1 Å². The van der Waals surface area contributed by atoms with Crippen LogP contribution in [0.15, 0.2) is 41.3 Å². The van der Waals surface area contributed by atoms with Gasteiger partial charge in [0.25, 0.3) is 10.0 Å². The topological polar surface area (TPSA) is 72.2 Å². The number of nitrogens with two attached hydrogens (primary N) is 1. The van der Waals surface area contributed by atoms with E-state index in [9.17, 15) is 17.2 Å². The van der Waals surface area contributed by atoms with Crippen molar-refractivity contribution < 1.29 is 17.2 Å². The van der Waals surface area contributed by atoms with Crippen molar-refractivity contribution >= 4 is 21.4 Å². The van der Waals surface area contributed by atoms with Crippen molar-refractivity contribution in [3.05, 3.63) is 53.6 Å². The van der Waals surface area contributed by atoms with Gasteiger partial charge in [-0.1, -0.05) is 0 Å². The van der Waals surface area contributed by atoms with Crippen molar-refractivity contribution in [1.82, 2.24) is 0 Å². The maximum absolute atomic E-state index is 13.8. The van der Waals surface area contributed by atoms with Crippen LogP contribution in [0.4, 0.5) is 20.2 Å². The van der Waals surface area contributed by atoms with E-state index in [1.54, 1.807) is 6.92 Å². The number of rotatable bonds is 3. The van der Waals surface area contributed by atoms with Crippen LogP contribution >= 0.6 is 0 Å². The Morgan fingerprint density at radius 2 is 1.70 bits per heavy atom. The lowest BCUT2D eigenvalue weighted by Crippen LogP contribution is -2.15. The standard InChI is InChI=1S/C13H12F2N2O2S/c1-8-6-11(15)13(7-12(8)16)20(18,19)17-10-4-2-9(14)3-5-10/h2-7,17H,16H2,1H3. The van der Waals surface area contributed by atoms with Crippen LogP contribution in [0, 0.1) is 18.6 Å². The molecule has 0 atom stereocenters. The predicted molar refractivity (Wildman–Crippen MR) is 72.8 cm³/mol. The Labute approximate surface area is 115 Å². The van der Waals surface area contributed by atoms with Crippen molar-refractivity contribution in [2.75, 3.05) is 10.5 Å². The highest BCUT2D eigenvalue weighted by Crippen LogP contribution is 2.23. The van der Waals surface area contributed by atoms with E-state index in [-0.39, 0.29) is 11.4 Å². The third-order valence-electron chi connectivity index (χ3n) is 2.71. The van der Waals surface area contributed by atoms with Crippen LogP contribution in [0.25, 0.3) is 0 Å². The zero-order valence-electron chi connectivity index (χ0n) is 10.5. The zero-order chi connectivity index (χ0) is 14.9. The smallest absolute Gasteiger partial charge is 0.264 e. The second kappa shape index (κ2) is 5.09. The largest absolute Gasteiger partial charge is 0.398 e. The van der Waals surface area contributed by atoms with Crippen molar-refractivity contribution in [3.8, 4) is 0 Å². The third kappa shape index (κ3) is 2.88. The summed E-state index contributed by atoms with van der Waals surface area (Å²) in [6, 6.07) is 6.77. The first-order chi connectivity index (χ1) is 9.29. The minimum absolute atomic E-state index is 0.130. The first-order valence-corrected chi connectivity index (χ1v) is 7.12. The molecule has 0 aromatic heterocycles. The molecule has 0 fully saturated rings. The van der Waals surface area contributed by atoms with Gasteiger partial charge in [-0.05, 0) is 48.9 Å². The number of hydrogen-bond donors (Lipinski definition) is 2. The Bertz CT molecular complexity index is 744. The molecular weight excluding hydrogens is 286 g/mol. The van der Waals surface area contributed by atoms with Gasteiger partial charge in [-0.2, -0.15) is 0 Å². The fourth-order valence-electron chi connectivity index (χ4n) is 1.60. The molecule has 0 unspecified atom stereocenters. The van der Waals surface area contributed by atoms with Crippen LogP contribution in [0.3, 0.4) is 0 Å². The Balaban J connectivity index is 2.40. The molecular formula is C13H12F2N2O2S. The maximum Gasteiger partial charge on any atom is 0.264 e. The van der Waals surface area contributed by atoms with Crippen molar-refractivity contribution in [1.29, 1.82) is 0 Å². The van der Waals surface area contributed by atoms with Crippen molar-refractivity contribution in [2.45, 2.75) is 11.8 Å². The van der Waals surface area contributed by atoms with Crippen LogP contribution in [0.1, 0.15) is 5.56 Å². The van der Waals surface area contributed by atoms with Gasteiger partial charge in [0.1, 0.15) is 16.5 Å². The second-order valence-electron chi connectivity index (χ2n) is 4.25. The molecule has 3 N–H and O–H groups in total. The van der Waals surface area contributed by atoms with E-state index in [1.807, 2.05) is 0 Å². The maximum atomic E-state index is 13.8. The van der Waals surface area contributed by atoms with Crippen LogP contribution in [-0.2, 0) is 10.0 Å². The Morgan fingerprint density at radius 3 is 2.30 bits per heavy atom. The molecule has 0 radical (unpaired) electrons. The lowest BCUT2D eigenvalue weighted by atomic mass is 10.2. The average molecular weight is 298 g/mol. The van der Waals surface area contributed by atoms with E-state index >= 15 is 0 Å². The van der Waals surface area contributed by atoms with E-state index < -0.39 is 26.6 Å². The summed E-state index contributed by atoms with van der Waals surface area (Å²) in [5.74, 6) is -1.40. The van der Waals surface area contributed by atoms with Crippen LogP contribution < -0.4 is 10.5 Å². The number of benzene rings is 2. The highest BCUT2D eigenvalue weighted by Gasteiger charge is 2.20. The summed E-state index contributed by atoms with van der Waals surface area (Å²) in [7, 11) is -4.12. The molecule has 0 saturated heterocycles. The molecule has 2 aromatic rings. The highest BCUT2D eigenvalue weighted by atomic mass is 32.2. The molecule has 0 spiro atoms. The summed E-state index contributed by atoms with van der Waals surface area (Å²) in [4.78, 5) is -0.551. The second-order valence-corrected chi connectivity index (χ2v) is 5.90. The van der Waals surface area contributed by atoms with Gasteiger partial charge in [-0.25, -0.2) is 17.2 Å². The van der Waals surface area contributed by atoms with Gasteiger partial charge < -0.3 is 5.73 Å². The van der Waals surface area contributed by atoms with Gasteiger partial charge in [-0.15, -0.1) is 0 Å². The lowest BCUT2D eigenvalue weighted by Gasteiger charge is -2.10. The summed E-state index contributed by atoms with van der Waals surface area (Å²) < 4.78 is 52.8. The van der Waals surface area contributed by atoms with E-state index in [4.69, 9.17) is 5.73 Å². The summed E-state index contributed by atoms with van der Waals surface area (Å²) in [6.07, 6.45) is 0. The Kier molecular flexibility index (Phi) is 3.63. The number of sulfonamides is 1. The number of nitrogen functional groups attached to an aromatic ring is 1. The monoisotopic (exact) mass is 298 g/mol. The molecule has 0 heterocycles. The molecule has 0 aliphatic heterocycles. The molecule has 2 aromatic carbocycles. The normalized spacial score (nSPS) is 11.3. The quantitative estimate of drug-likeness (QED) is 0.856. The SMILES string of the molecule is Cc1cc(F)c(S(=O)(=O)Nc2ccc(F)cc2)cc1N. The van der Waals surface area contributed by atoms with Crippen molar-refractivity contribution in [2.24, 2.45) is 0 Å². The fourth-order valence-corrected chi connectivity index (χ4v) is 2.76. The fraction of sp³-hybridized carbons (Fsp3) is 0.0769. The molecule has 7 heteroatoms. The molecule has 20 heavy (non-hydrogen) atoms. The Hall–Kier alpha value is -2.15. The highest BCUT2D eigenvalue weighted by molar-refractivity contribution is 7.92. The molecule has 0 amide bonds. The van der Waals surface area contributed by atoms with Gasteiger partial charge in [0, 0.05) is 11.4 Å². The number of halogens is 2. The van der Waals surface area contributed by atoms with Gasteiger partial charge in [0.15, 0.2) is 0 Å². The average Bonchev–Trinajstić information content (AvgIpc) is 2.36. The van der Waals surface area contributed by atoms with Gasteiger partial charge in [0.2, 0.25) is 0 Å². The van der Waals surface area contributed by atoms with Crippen LogP contribution in [-0.4, -0.2) is 8.42 Å². The van der Waals surface area contributed by atoms with Gasteiger partial charge >= 0.3 is 0 Å². The van der Waals surface area contributed by atoms with Crippen molar-refractivity contribution in [3.63, 3.8) is 0 Å². The third-order valence-corrected chi connectivity index (χ3v) is 4.10. The number of hydrogen-bond acceptors (Lipinski definition) is 3. The molecule has 4 nitrogen and oxygen atoms in total. The summed E-state index contributed by atoms with van der Waals surface area (Å²) in [5, 5.41) is 0. The molecule has 0 aliphatic rings. The zero-order valence-corrected chi connectivity index (χ0v) is 11.3.